The number of nitrogens with one attached hydrogen (secondary N) is 2. The molecule has 0 atom stereocenters. The Labute approximate surface area is 144 Å². The number of halogens is 1. The Morgan fingerprint density at radius 1 is 1.26 bits per heavy atom. The zero-order valence-corrected chi connectivity index (χ0v) is 14.4. The van der Waals surface area contributed by atoms with Crippen LogP contribution in [-0.4, -0.2) is 15.0 Å². The summed E-state index contributed by atoms with van der Waals surface area (Å²) in [5.41, 5.74) is 3.25. The Morgan fingerprint density at radius 2 is 2.13 bits per heavy atom. The molecule has 1 saturated carbocycles. The van der Waals surface area contributed by atoms with Crippen molar-refractivity contribution in [2.24, 2.45) is 0 Å². The van der Waals surface area contributed by atoms with Crippen molar-refractivity contribution in [2.75, 3.05) is 5.32 Å². The normalized spacial score (nSPS) is 16.0. The van der Waals surface area contributed by atoms with Crippen LogP contribution in [0.25, 0.3) is 11.0 Å². The van der Waals surface area contributed by atoms with Gasteiger partial charge in [-0.3, -0.25) is 0 Å². The van der Waals surface area contributed by atoms with Gasteiger partial charge in [0.2, 0.25) is 0 Å². The first kappa shape index (κ1) is 15.0. The molecule has 6 heteroatoms. The van der Waals surface area contributed by atoms with Crippen molar-refractivity contribution < 1.29 is 0 Å². The first-order chi connectivity index (χ1) is 11.3. The topological polar surface area (TPSA) is 53.6 Å². The molecule has 2 aromatic heterocycles. The second-order valence-corrected chi connectivity index (χ2v) is 7.82. The molecule has 4 nitrogen and oxygen atoms in total. The van der Waals surface area contributed by atoms with Crippen LogP contribution in [0.15, 0.2) is 24.4 Å². The molecule has 0 amide bonds. The van der Waals surface area contributed by atoms with E-state index in [1.807, 2.05) is 6.20 Å². The Morgan fingerprint density at radius 3 is 2.91 bits per heavy atom. The molecule has 4 rings (SSSR count). The minimum absolute atomic E-state index is 0.586. The summed E-state index contributed by atoms with van der Waals surface area (Å²) in [6.45, 7) is 0.736. The molecule has 1 fully saturated rings. The van der Waals surface area contributed by atoms with E-state index in [0.717, 1.165) is 34.0 Å². The lowest BCUT2D eigenvalue weighted by Gasteiger charge is -2.18. The Hall–Kier alpha value is -1.59. The van der Waals surface area contributed by atoms with E-state index >= 15 is 0 Å². The molecule has 0 spiro atoms. The number of hydrogen-bond donors (Lipinski definition) is 2. The predicted octanol–water partition coefficient (Wildman–Crippen LogP) is 5.33. The van der Waals surface area contributed by atoms with Gasteiger partial charge in [-0.05, 0) is 31.0 Å². The number of imidazole rings is 1. The molecule has 0 unspecified atom stereocenters. The second kappa shape index (κ2) is 6.49. The van der Waals surface area contributed by atoms with Gasteiger partial charge in [0.05, 0.1) is 17.6 Å². The van der Waals surface area contributed by atoms with Gasteiger partial charge in [-0.15, -0.1) is 11.3 Å². The van der Waals surface area contributed by atoms with E-state index in [4.69, 9.17) is 16.6 Å². The SMILES string of the molecule is Clc1ncc(CNc2ccc3nc(C4CCCCC4)[nH]c3c2)s1. The van der Waals surface area contributed by atoms with Gasteiger partial charge in [-0.1, -0.05) is 30.9 Å². The summed E-state index contributed by atoms with van der Waals surface area (Å²) < 4.78 is 0.586. The zero-order chi connectivity index (χ0) is 15.6. The second-order valence-electron chi connectivity index (χ2n) is 6.12. The maximum atomic E-state index is 5.86. The smallest absolute Gasteiger partial charge is 0.183 e. The molecule has 0 saturated heterocycles. The minimum Gasteiger partial charge on any atom is -0.380 e. The number of nitrogens with zero attached hydrogens (tertiary/aromatic N) is 2. The number of benzene rings is 1. The maximum Gasteiger partial charge on any atom is 0.183 e. The number of hydrogen-bond acceptors (Lipinski definition) is 4. The van der Waals surface area contributed by atoms with Crippen molar-refractivity contribution in [1.29, 1.82) is 0 Å². The van der Waals surface area contributed by atoms with Crippen LogP contribution < -0.4 is 5.32 Å². The number of aromatic amines is 1. The summed E-state index contributed by atoms with van der Waals surface area (Å²) in [4.78, 5) is 13.5. The highest BCUT2D eigenvalue weighted by molar-refractivity contribution is 7.15. The van der Waals surface area contributed by atoms with E-state index in [0.29, 0.717) is 10.4 Å². The number of aromatic nitrogens is 3. The zero-order valence-electron chi connectivity index (χ0n) is 12.8. The van der Waals surface area contributed by atoms with Crippen molar-refractivity contribution in [3.63, 3.8) is 0 Å². The lowest BCUT2D eigenvalue weighted by Crippen LogP contribution is -2.05. The average molecular weight is 347 g/mol. The van der Waals surface area contributed by atoms with E-state index < -0.39 is 0 Å². The molecule has 0 bridgehead atoms. The van der Waals surface area contributed by atoms with Gasteiger partial charge in [0.1, 0.15) is 5.82 Å². The number of anilines is 1. The van der Waals surface area contributed by atoms with Gasteiger partial charge in [-0.2, -0.15) is 0 Å². The molecule has 0 radical (unpaired) electrons. The fourth-order valence-corrected chi connectivity index (χ4v) is 4.18. The molecule has 23 heavy (non-hydrogen) atoms. The molecular formula is C17H19ClN4S. The van der Waals surface area contributed by atoms with Crippen LogP contribution in [-0.2, 0) is 6.54 Å². The van der Waals surface area contributed by atoms with Gasteiger partial charge < -0.3 is 10.3 Å². The molecule has 2 heterocycles. The molecule has 1 aromatic carbocycles. The van der Waals surface area contributed by atoms with Gasteiger partial charge >= 0.3 is 0 Å². The summed E-state index contributed by atoms with van der Waals surface area (Å²) in [5.74, 6) is 1.76. The van der Waals surface area contributed by atoms with E-state index in [9.17, 15) is 0 Å². The molecule has 1 aliphatic rings. The third-order valence-electron chi connectivity index (χ3n) is 4.48. The van der Waals surface area contributed by atoms with E-state index in [-0.39, 0.29) is 0 Å². The van der Waals surface area contributed by atoms with Crippen LogP contribution in [0.3, 0.4) is 0 Å². The third-order valence-corrected chi connectivity index (χ3v) is 5.60. The Bertz CT molecular complexity index is 804. The highest BCUT2D eigenvalue weighted by Crippen LogP contribution is 2.32. The highest BCUT2D eigenvalue weighted by atomic mass is 35.5. The quantitative estimate of drug-likeness (QED) is 0.671. The summed E-state index contributed by atoms with van der Waals surface area (Å²) in [6.07, 6.45) is 8.36. The van der Waals surface area contributed by atoms with Crippen LogP contribution in [0.5, 0.6) is 0 Å². The maximum absolute atomic E-state index is 5.86. The van der Waals surface area contributed by atoms with Crippen LogP contribution in [0.4, 0.5) is 5.69 Å². The first-order valence-electron chi connectivity index (χ1n) is 8.12. The molecular weight excluding hydrogens is 328 g/mol. The van der Waals surface area contributed by atoms with Crippen LogP contribution in [0.2, 0.25) is 4.47 Å². The average Bonchev–Trinajstić information content (AvgIpc) is 3.19. The van der Waals surface area contributed by atoms with E-state index in [1.165, 1.54) is 43.4 Å². The van der Waals surface area contributed by atoms with E-state index in [1.54, 1.807) is 0 Å². The summed E-state index contributed by atoms with van der Waals surface area (Å²) in [7, 11) is 0. The van der Waals surface area contributed by atoms with Gasteiger partial charge in [0.15, 0.2) is 4.47 Å². The third kappa shape index (κ3) is 3.35. The standard InChI is InChI=1S/C17H19ClN4S/c18-17-20-10-13(23-17)9-19-12-6-7-14-15(8-12)22-16(21-14)11-4-2-1-3-5-11/h6-8,10-11,19H,1-5,9H2,(H,21,22). The summed E-state index contributed by atoms with van der Waals surface area (Å²) in [5, 5.41) is 3.42. The lowest BCUT2D eigenvalue weighted by molar-refractivity contribution is 0.431. The fraction of sp³-hybridized carbons (Fsp3) is 0.412. The fourth-order valence-electron chi connectivity index (χ4n) is 3.26. The van der Waals surface area contributed by atoms with Gasteiger partial charge in [-0.25, -0.2) is 9.97 Å². The molecule has 0 aliphatic heterocycles. The molecule has 120 valence electrons. The lowest BCUT2D eigenvalue weighted by atomic mass is 9.89. The summed E-state index contributed by atoms with van der Waals surface area (Å²) in [6, 6.07) is 6.30. The Balaban J connectivity index is 1.50. The minimum atomic E-state index is 0.586. The van der Waals surface area contributed by atoms with Crippen LogP contribution >= 0.6 is 22.9 Å². The van der Waals surface area contributed by atoms with Crippen molar-refractivity contribution in [1.82, 2.24) is 15.0 Å². The number of rotatable bonds is 4. The van der Waals surface area contributed by atoms with Crippen molar-refractivity contribution >= 4 is 39.7 Å². The van der Waals surface area contributed by atoms with Gasteiger partial charge in [0, 0.05) is 22.7 Å². The van der Waals surface area contributed by atoms with Crippen molar-refractivity contribution in [3.05, 3.63) is 39.6 Å². The van der Waals surface area contributed by atoms with Gasteiger partial charge in [0.25, 0.3) is 0 Å². The highest BCUT2D eigenvalue weighted by Gasteiger charge is 2.18. The van der Waals surface area contributed by atoms with Crippen molar-refractivity contribution in [3.8, 4) is 0 Å². The molecule has 1 aliphatic carbocycles. The first-order valence-corrected chi connectivity index (χ1v) is 9.31. The van der Waals surface area contributed by atoms with Crippen LogP contribution in [0, 0.1) is 0 Å². The number of H-pyrrole nitrogens is 1. The largest absolute Gasteiger partial charge is 0.380 e. The molecule has 2 N–H and O–H groups in total. The summed E-state index contributed by atoms with van der Waals surface area (Å²) >= 11 is 7.37. The predicted molar refractivity (Wildman–Crippen MR) is 96.4 cm³/mol. The van der Waals surface area contributed by atoms with Crippen LogP contribution in [0.1, 0.15) is 48.7 Å². The molecule has 3 aromatic rings. The van der Waals surface area contributed by atoms with Crippen molar-refractivity contribution in [2.45, 2.75) is 44.6 Å². The Kier molecular flexibility index (Phi) is 4.23. The number of thiazole rings is 1. The number of fused-ring (bicyclic) bond motifs is 1. The monoisotopic (exact) mass is 346 g/mol. The van der Waals surface area contributed by atoms with E-state index in [2.05, 4.69) is 33.5 Å².